The molecule has 0 aromatic heterocycles. The van der Waals surface area contributed by atoms with Gasteiger partial charge in [-0.2, -0.15) is 0 Å². The zero-order valence-corrected chi connectivity index (χ0v) is 10.3. The van der Waals surface area contributed by atoms with Gasteiger partial charge in [-0.1, -0.05) is 22.0 Å². The Balaban J connectivity index is 2.30. The highest BCUT2D eigenvalue weighted by Gasteiger charge is 2.36. The van der Waals surface area contributed by atoms with Crippen molar-refractivity contribution in [2.75, 3.05) is 13.1 Å². The normalized spacial score (nSPS) is 38.1. The van der Waals surface area contributed by atoms with E-state index in [0.717, 1.165) is 13.1 Å². The summed E-state index contributed by atoms with van der Waals surface area (Å²) >= 11 is 3.57. The van der Waals surface area contributed by atoms with Crippen LogP contribution in [-0.2, 0) is 0 Å². The van der Waals surface area contributed by atoms with Gasteiger partial charge in [0.2, 0.25) is 0 Å². The van der Waals surface area contributed by atoms with Gasteiger partial charge in [0.15, 0.2) is 0 Å². The standard InChI is InChI=1S/C11H17BrN2/c1-3-8-9-6-13-5-4-10(9)14-11(8)7(2)12/h3,9-10,13-14H,4-6H2,1-2H3/b8-3?,11-7-. The summed E-state index contributed by atoms with van der Waals surface area (Å²) < 4.78 is 1.22. The van der Waals surface area contributed by atoms with Gasteiger partial charge in [-0.3, -0.25) is 0 Å². The molecule has 2 saturated heterocycles. The Labute approximate surface area is 94.0 Å². The van der Waals surface area contributed by atoms with Crippen LogP contribution < -0.4 is 10.6 Å². The van der Waals surface area contributed by atoms with E-state index in [1.165, 1.54) is 22.2 Å². The van der Waals surface area contributed by atoms with E-state index in [0.29, 0.717) is 12.0 Å². The summed E-state index contributed by atoms with van der Waals surface area (Å²) in [6, 6.07) is 0.643. The monoisotopic (exact) mass is 256 g/mol. The van der Waals surface area contributed by atoms with Crippen LogP contribution in [0.15, 0.2) is 21.8 Å². The maximum absolute atomic E-state index is 3.62. The van der Waals surface area contributed by atoms with Gasteiger partial charge in [-0.05, 0) is 32.4 Å². The number of halogens is 1. The van der Waals surface area contributed by atoms with E-state index >= 15 is 0 Å². The number of nitrogens with one attached hydrogen (secondary N) is 2. The molecule has 0 amide bonds. The fourth-order valence-electron chi connectivity index (χ4n) is 2.47. The van der Waals surface area contributed by atoms with E-state index in [1.807, 2.05) is 0 Å². The van der Waals surface area contributed by atoms with E-state index in [-0.39, 0.29) is 0 Å². The zero-order chi connectivity index (χ0) is 10.1. The van der Waals surface area contributed by atoms with Gasteiger partial charge >= 0.3 is 0 Å². The third-order valence-electron chi connectivity index (χ3n) is 3.16. The third-order valence-corrected chi connectivity index (χ3v) is 3.55. The number of allylic oxidation sites excluding steroid dienone is 3. The van der Waals surface area contributed by atoms with Crippen LogP contribution in [0.1, 0.15) is 20.3 Å². The minimum Gasteiger partial charge on any atom is -0.381 e. The molecule has 3 heteroatoms. The van der Waals surface area contributed by atoms with Crippen molar-refractivity contribution in [3.63, 3.8) is 0 Å². The molecule has 0 aromatic rings. The quantitative estimate of drug-likeness (QED) is 0.694. The first-order chi connectivity index (χ1) is 6.74. The summed E-state index contributed by atoms with van der Waals surface area (Å²) in [5.74, 6) is 0.663. The predicted octanol–water partition coefficient (Wildman–Crippen LogP) is 2.14. The van der Waals surface area contributed by atoms with E-state index < -0.39 is 0 Å². The van der Waals surface area contributed by atoms with E-state index in [4.69, 9.17) is 0 Å². The number of rotatable bonds is 0. The molecule has 0 bridgehead atoms. The lowest BCUT2D eigenvalue weighted by atomic mass is 9.90. The molecule has 0 radical (unpaired) electrons. The average molecular weight is 257 g/mol. The Morgan fingerprint density at radius 1 is 1.57 bits per heavy atom. The Kier molecular flexibility index (Phi) is 2.98. The topological polar surface area (TPSA) is 24.1 Å². The van der Waals surface area contributed by atoms with Crippen molar-refractivity contribution >= 4 is 15.9 Å². The Bertz CT molecular complexity index is 290. The van der Waals surface area contributed by atoms with Gasteiger partial charge in [0.1, 0.15) is 0 Å². The molecule has 0 spiro atoms. The second-order valence-corrected chi connectivity index (χ2v) is 5.19. The molecule has 2 aliphatic rings. The molecular formula is C11H17BrN2. The third kappa shape index (κ3) is 1.63. The predicted molar refractivity (Wildman–Crippen MR) is 63.3 cm³/mol. The fraction of sp³-hybridized carbons (Fsp3) is 0.636. The number of fused-ring (bicyclic) bond motifs is 1. The van der Waals surface area contributed by atoms with Gasteiger partial charge in [0.05, 0.1) is 0 Å². The summed E-state index contributed by atoms with van der Waals surface area (Å²) in [4.78, 5) is 0. The van der Waals surface area contributed by atoms with Gasteiger partial charge in [0, 0.05) is 28.7 Å². The second kappa shape index (κ2) is 4.07. The maximum atomic E-state index is 3.62. The average Bonchev–Trinajstić information content (AvgIpc) is 2.56. The molecule has 2 rings (SSSR count). The Hall–Kier alpha value is -0.280. The van der Waals surface area contributed by atoms with Crippen molar-refractivity contribution in [1.29, 1.82) is 0 Å². The van der Waals surface area contributed by atoms with Crippen molar-refractivity contribution in [3.8, 4) is 0 Å². The smallest absolute Gasteiger partial charge is 0.0475 e. The van der Waals surface area contributed by atoms with Crippen LogP contribution in [0.4, 0.5) is 0 Å². The summed E-state index contributed by atoms with van der Waals surface area (Å²) in [7, 11) is 0. The van der Waals surface area contributed by atoms with Crippen LogP contribution in [0.2, 0.25) is 0 Å². The van der Waals surface area contributed by atoms with Crippen LogP contribution >= 0.6 is 15.9 Å². The highest BCUT2D eigenvalue weighted by atomic mass is 79.9. The molecule has 2 N–H and O–H groups in total. The van der Waals surface area contributed by atoms with Gasteiger partial charge < -0.3 is 10.6 Å². The van der Waals surface area contributed by atoms with Crippen LogP contribution in [0.3, 0.4) is 0 Å². The van der Waals surface area contributed by atoms with Crippen molar-refractivity contribution in [2.24, 2.45) is 5.92 Å². The Morgan fingerprint density at radius 3 is 3.00 bits per heavy atom. The van der Waals surface area contributed by atoms with Crippen LogP contribution in [0, 0.1) is 5.92 Å². The van der Waals surface area contributed by atoms with Crippen LogP contribution in [-0.4, -0.2) is 19.1 Å². The van der Waals surface area contributed by atoms with Crippen molar-refractivity contribution in [1.82, 2.24) is 10.6 Å². The highest BCUT2D eigenvalue weighted by molar-refractivity contribution is 9.11. The maximum Gasteiger partial charge on any atom is 0.0475 e. The molecule has 2 atom stereocenters. The molecule has 0 saturated carbocycles. The molecule has 2 unspecified atom stereocenters. The fourth-order valence-corrected chi connectivity index (χ4v) is 2.81. The summed E-state index contributed by atoms with van der Waals surface area (Å²) in [6.45, 7) is 6.49. The minimum absolute atomic E-state index is 0.643. The molecular weight excluding hydrogens is 240 g/mol. The van der Waals surface area contributed by atoms with Gasteiger partial charge in [-0.25, -0.2) is 0 Å². The summed E-state index contributed by atoms with van der Waals surface area (Å²) in [6.07, 6.45) is 3.47. The zero-order valence-electron chi connectivity index (χ0n) is 8.73. The van der Waals surface area contributed by atoms with E-state index in [9.17, 15) is 0 Å². The van der Waals surface area contributed by atoms with Crippen LogP contribution in [0.5, 0.6) is 0 Å². The van der Waals surface area contributed by atoms with Crippen LogP contribution in [0.25, 0.3) is 0 Å². The number of hydrogen-bond donors (Lipinski definition) is 2. The second-order valence-electron chi connectivity index (χ2n) is 4.00. The van der Waals surface area contributed by atoms with Gasteiger partial charge in [-0.15, -0.1) is 0 Å². The molecule has 2 aliphatic heterocycles. The van der Waals surface area contributed by atoms with Gasteiger partial charge in [0.25, 0.3) is 0 Å². The van der Waals surface area contributed by atoms with E-state index in [2.05, 4.69) is 46.5 Å². The van der Waals surface area contributed by atoms with E-state index in [1.54, 1.807) is 0 Å². The first-order valence-corrected chi connectivity index (χ1v) is 6.03. The number of piperidine rings is 1. The summed E-state index contributed by atoms with van der Waals surface area (Å²) in [5, 5.41) is 7.08. The SMILES string of the molecule is CC=C1/C(=C(\C)Br)NC2CCNCC12. The summed E-state index contributed by atoms with van der Waals surface area (Å²) in [5.41, 5.74) is 2.78. The molecule has 2 heterocycles. The Morgan fingerprint density at radius 2 is 2.36 bits per heavy atom. The van der Waals surface area contributed by atoms with Crippen molar-refractivity contribution in [2.45, 2.75) is 26.3 Å². The largest absolute Gasteiger partial charge is 0.381 e. The minimum atomic E-state index is 0.643. The van der Waals surface area contributed by atoms with Crippen molar-refractivity contribution < 1.29 is 0 Å². The molecule has 78 valence electrons. The lowest BCUT2D eigenvalue weighted by molar-refractivity contribution is 0.369. The number of hydrogen-bond acceptors (Lipinski definition) is 2. The molecule has 0 aromatic carbocycles. The lowest BCUT2D eigenvalue weighted by Gasteiger charge is -2.25. The molecule has 2 fully saturated rings. The first-order valence-electron chi connectivity index (χ1n) is 5.24. The first kappa shape index (κ1) is 10.2. The molecule has 2 nitrogen and oxygen atoms in total. The van der Waals surface area contributed by atoms with Crippen molar-refractivity contribution in [3.05, 3.63) is 21.8 Å². The molecule has 14 heavy (non-hydrogen) atoms. The highest BCUT2D eigenvalue weighted by Crippen LogP contribution is 2.35. The molecule has 0 aliphatic carbocycles. The lowest BCUT2D eigenvalue weighted by Crippen LogP contribution is -2.41.